The smallest absolute Gasteiger partial charge is 0.140 e. The van der Waals surface area contributed by atoms with Crippen LogP contribution < -0.4 is 0 Å². The molecule has 1 aromatic rings. The van der Waals surface area contributed by atoms with E-state index in [9.17, 15) is 4.79 Å². The van der Waals surface area contributed by atoms with Gasteiger partial charge in [-0.05, 0) is 36.6 Å². The fraction of sp³-hybridized carbons (Fsp3) is 0.364. The van der Waals surface area contributed by atoms with Gasteiger partial charge in [0.15, 0.2) is 0 Å². The van der Waals surface area contributed by atoms with Crippen molar-refractivity contribution in [3.05, 3.63) is 34.3 Å². The molecule has 1 saturated carbocycles. The van der Waals surface area contributed by atoms with Gasteiger partial charge in [0.25, 0.3) is 0 Å². The molecule has 0 heterocycles. The maximum absolute atomic E-state index is 11.3. The highest BCUT2D eigenvalue weighted by molar-refractivity contribution is 6.30. The van der Waals surface area contributed by atoms with Gasteiger partial charge in [-0.3, -0.25) is 4.79 Å². The highest BCUT2D eigenvalue weighted by Gasteiger charge is 2.30. The molecule has 1 aliphatic rings. The average Bonchev–Trinajstić information content (AvgIpc) is 2.09. The van der Waals surface area contributed by atoms with Crippen LogP contribution in [0.2, 0.25) is 5.02 Å². The number of aryl methyl sites for hydroxylation is 1. The zero-order valence-electron chi connectivity index (χ0n) is 7.51. The molecule has 0 aromatic heterocycles. The summed E-state index contributed by atoms with van der Waals surface area (Å²) in [6.45, 7) is 2.03. The van der Waals surface area contributed by atoms with E-state index in [2.05, 4.69) is 0 Å². The van der Waals surface area contributed by atoms with Crippen LogP contribution in [0, 0.1) is 6.92 Å². The highest BCUT2D eigenvalue weighted by atomic mass is 35.5. The van der Waals surface area contributed by atoms with Gasteiger partial charge in [-0.1, -0.05) is 17.7 Å². The predicted octanol–water partition coefficient (Wildman–Crippen LogP) is 3.09. The molecule has 0 N–H and O–H groups in total. The minimum absolute atomic E-state index is 0.124. The molecule has 0 aliphatic heterocycles. The van der Waals surface area contributed by atoms with Gasteiger partial charge < -0.3 is 0 Å². The Morgan fingerprint density at radius 2 is 2.23 bits per heavy atom. The fourth-order valence-corrected chi connectivity index (χ4v) is 1.90. The summed E-state index contributed by atoms with van der Waals surface area (Å²) in [5.41, 5.74) is 2.28. The molecular weight excluding hydrogens is 184 g/mol. The van der Waals surface area contributed by atoms with Gasteiger partial charge in [-0.25, -0.2) is 0 Å². The Morgan fingerprint density at radius 1 is 1.46 bits per heavy atom. The van der Waals surface area contributed by atoms with Crippen molar-refractivity contribution in [3.63, 3.8) is 0 Å². The monoisotopic (exact) mass is 194 g/mol. The zero-order chi connectivity index (χ0) is 9.42. The molecule has 1 nitrogen and oxygen atoms in total. The first-order chi connectivity index (χ1) is 6.18. The number of carbonyl (C=O) groups excluding carboxylic acids is 1. The number of benzene rings is 1. The van der Waals surface area contributed by atoms with E-state index in [1.54, 1.807) is 0 Å². The number of Topliss-reactive ketones (excluding diaryl/α,β-unsaturated/α-hetero) is 1. The summed E-state index contributed by atoms with van der Waals surface area (Å²) in [5, 5.41) is 0.723. The van der Waals surface area contributed by atoms with Crippen LogP contribution in [0.1, 0.15) is 29.9 Å². The van der Waals surface area contributed by atoms with E-state index in [0.717, 1.165) is 23.4 Å². The number of carbonyl (C=O) groups is 1. The van der Waals surface area contributed by atoms with E-state index in [0.29, 0.717) is 5.78 Å². The van der Waals surface area contributed by atoms with Gasteiger partial charge in [-0.15, -0.1) is 0 Å². The lowest BCUT2D eigenvalue weighted by Crippen LogP contribution is -2.23. The summed E-state index contributed by atoms with van der Waals surface area (Å²) < 4.78 is 0. The number of rotatable bonds is 1. The van der Waals surface area contributed by atoms with E-state index < -0.39 is 0 Å². The van der Waals surface area contributed by atoms with Gasteiger partial charge in [0.05, 0.1) is 0 Å². The van der Waals surface area contributed by atoms with Crippen LogP contribution in [0.5, 0.6) is 0 Å². The summed E-state index contributed by atoms with van der Waals surface area (Å²) >= 11 is 5.88. The third kappa shape index (κ3) is 1.49. The quantitative estimate of drug-likeness (QED) is 0.672. The topological polar surface area (TPSA) is 17.1 Å². The van der Waals surface area contributed by atoms with Crippen LogP contribution >= 0.6 is 11.6 Å². The molecule has 1 atom stereocenters. The first-order valence-electron chi connectivity index (χ1n) is 4.47. The van der Waals surface area contributed by atoms with Gasteiger partial charge in [0, 0.05) is 17.4 Å². The van der Waals surface area contributed by atoms with E-state index in [-0.39, 0.29) is 5.92 Å². The number of hydrogen-bond acceptors (Lipinski definition) is 1. The first-order valence-corrected chi connectivity index (χ1v) is 4.85. The minimum atomic E-state index is 0.124. The van der Waals surface area contributed by atoms with Crippen LogP contribution in [0.3, 0.4) is 0 Å². The molecule has 1 aliphatic carbocycles. The molecule has 0 saturated heterocycles. The summed E-state index contributed by atoms with van der Waals surface area (Å²) in [5.74, 6) is 0.476. The molecule has 0 amide bonds. The van der Waals surface area contributed by atoms with Crippen molar-refractivity contribution < 1.29 is 4.79 Å². The Hall–Kier alpha value is -0.820. The summed E-state index contributed by atoms with van der Waals surface area (Å²) in [6.07, 6.45) is 1.72. The van der Waals surface area contributed by atoms with Gasteiger partial charge >= 0.3 is 0 Å². The molecule has 2 heteroatoms. The van der Waals surface area contributed by atoms with Crippen molar-refractivity contribution in [2.45, 2.75) is 25.7 Å². The Labute approximate surface area is 82.7 Å². The maximum atomic E-state index is 11.3. The summed E-state index contributed by atoms with van der Waals surface area (Å²) in [6, 6.07) is 5.76. The normalized spacial score (nSPS) is 21.4. The molecule has 0 spiro atoms. The lowest BCUT2D eigenvalue weighted by molar-refractivity contribution is -0.125. The molecule has 1 aromatic carbocycles. The lowest BCUT2D eigenvalue weighted by Gasteiger charge is -2.25. The van der Waals surface area contributed by atoms with Gasteiger partial charge in [0.1, 0.15) is 5.78 Å². The van der Waals surface area contributed by atoms with Crippen LogP contribution in [-0.4, -0.2) is 5.78 Å². The second-order valence-corrected chi connectivity index (χ2v) is 3.99. The standard InChI is InChI=1S/C11H11ClO/c1-7-2-3-8(12)6-10(7)9-4-5-11(9)13/h2-3,6,9H,4-5H2,1H3. The predicted molar refractivity (Wildman–Crippen MR) is 53.2 cm³/mol. The lowest BCUT2D eigenvalue weighted by atomic mass is 9.77. The average molecular weight is 195 g/mol. The molecule has 0 radical (unpaired) electrons. The third-order valence-corrected chi connectivity index (χ3v) is 2.92. The summed E-state index contributed by atoms with van der Waals surface area (Å²) in [7, 11) is 0. The van der Waals surface area contributed by atoms with Crippen LogP contribution in [0.4, 0.5) is 0 Å². The Bertz CT molecular complexity index is 357. The maximum Gasteiger partial charge on any atom is 0.140 e. The van der Waals surface area contributed by atoms with Crippen molar-refractivity contribution in [2.24, 2.45) is 0 Å². The number of ketones is 1. The van der Waals surface area contributed by atoms with Crippen LogP contribution in [-0.2, 0) is 4.79 Å². The molecule has 0 bridgehead atoms. The van der Waals surface area contributed by atoms with E-state index in [1.807, 2.05) is 25.1 Å². The highest BCUT2D eigenvalue weighted by Crippen LogP contribution is 2.35. The Balaban J connectivity index is 2.38. The second-order valence-electron chi connectivity index (χ2n) is 3.56. The second kappa shape index (κ2) is 3.15. The Kier molecular flexibility index (Phi) is 2.12. The van der Waals surface area contributed by atoms with Gasteiger partial charge in [0.2, 0.25) is 0 Å². The molecule has 13 heavy (non-hydrogen) atoms. The fourth-order valence-electron chi connectivity index (χ4n) is 1.72. The largest absolute Gasteiger partial charge is 0.299 e. The molecular formula is C11H11ClO. The molecule has 1 unspecified atom stereocenters. The Morgan fingerprint density at radius 3 is 2.77 bits per heavy atom. The molecule has 1 fully saturated rings. The van der Waals surface area contributed by atoms with Crippen molar-refractivity contribution in [3.8, 4) is 0 Å². The van der Waals surface area contributed by atoms with E-state index >= 15 is 0 Å². The van der Waals surface area contributed by atoms with Crippen LogP contribution in [0.15, 0.2) is 18.2 Å². The third-order valence-electron chi connectivity index (χ3n) is 2.68. The molecule has 2 rings (SSSR count). The molecule has 68 valence electrons. The summed E-state index contributed by atoms with van der Waals surface area (Å²) in [4.78, 5) is 11.3. The zero-order valence-corrected chi connectivity index (χ0v) is 8.27. The van der Waals surface area contributed by atoms with Crippen molar-refractivity contribution in [2.75, 3.05) is 0 Å². The van der Waals surface area contributed by atoms with Gasteiger partial charge in [-0.2, -0.15) is 0 Å². The van der Waals surface area contributed by atoms with Crippen molar-refractivity contribution in [1.82, 2.24) is 0 Å². The SMILES string of the molecule is Cc1ccc(Cl)cc1C1CCC1=O. The first kappa shape index (κ1) is 8.76. The van der Waals surface area contributed by atoms with Crippen molar-refractivity contribution in [1.29, 1.82) is 0 Å². The van der Waals surface area contributed by atoms with Crippen LogP contribution in [0.25, 0.3) is 0 Å². The van der Waals surface area contributed by atoms with Crippen molar-refractivity contribution >= 4 is 17.4 Å². The minimum Gasteiger partial charge on any atom is -0.299 e. The van der Waals surface area contributed by atoms with E-state index in [1.165, 1.54) is 5.56 Å². The van der Waals surface area contributed by atoms with E-state index in [4.69, 9.17) is 11.6 Å². The number of halogens is 1. The number of hydrogen-bond donors (Lipinski definition) is 0.